The molecule has 0 aromatic heterocycles. The number of rotatable bonds is 9. The van der Waals surface area contributed by atoms with Gasteiger partial charge in [-0.05, 0) is 47.1 Å². The van der Waals surface area contributed by atoms with Crippen molar-refractivity contribution in [2.75, 3.05) is 27.4 Å². The van der Waals surface area contributed by atoms with Gasteiger partial charge in [0.1, 0.15) is 0 Å². The predicted octanol–water partition coefficient (Wildman–Crippen LogP) is 1.23. The number of methoxy groups -OCH3 is 1. The summed E-state index contributed by atoms with van der Waals surface area (Å²) < 4.78 is 5.20. The van der Waals surface area contributed by atoms with Crippen molar-refractivity contribution in [2.45, 2.75) is 63.7 Å². The molecule has 0 aliphatic heterocycles. The van der Waals surface area contributed by atoms with Crippen LogP contribution < -0.4 is 5.32 Å². The first kappa shape index (κ1) is 15.9. The Kier molecular flexibility index (Phi) is 6.05. The monoisotopic (exact) mass is 258 g/mol. The van der Waals surface area contributed by atoms with Crippen molar-refractivity contribution < 1.29 is 9.84 Å². The van der Waals surface area contributed by atoms with Gasteiger partial charge in [0.25, 0.3) is 0 Å². The zero-order valence-corrected chi connectivity index (χ0v) is 12.6. The summed E-state index contributed by atoms with van der Waals surface area (Å²) in [5.74, 6) is 0. The number of likely N-dealkylation sites (N-methyl/N-ethyl adjacent to an activating group) is 1. The number of aliphatic hydroxyl groups excluding tert-OH is 1. The standard InChI is InChI=1S/C14H30N2O2/c1-11(16(4)12(2)9-18-5)8-14(3,10-17)15-13-6-7-13/h11-13,15,17H,6-10H2,1-5H3. The van der Waals surface area contributed by atoms with Gasteiger partial charge in [0.15, 0.2) is 0 Å². The highest BCUT2D eigenvalue weighted by atomic mass is 16.5. The number of nitrogens with one attached hydrogen (secondary N) is 1. The Balaban J connectivity index is 2.46. The van der Waals surface area contributed by atoms with Crippen LogP contribution in [0.1, 0.15) is 40.0 Å². The summed E-state index contributed by atoms with van der Waals surface area (Å²) in [6.07, 6.45) is 3.45. The van der Waals surface area contributed by atoms with Crippen LogP contribution in [0.3, 0.4) is 0 Å². The molecule has 2 N–H and O–H groups in total. The molecule has 1 aliphatic rings. The SMILES string of the molecule is COCC(C)N(C)C(C)CC(C)(CO)NC1CC1. The predicted molar refractivity (Wildman–Crippen MR) is 74.8 cm³/mol. The summed E-state index contributed by atoms with van der Waals surface area (Å²) in [6, 6.07) is 1.43. The van der Waals surface area contributed by atoms with E-state index in [4.69, 9.17) is 4.74 Å². The fraction of sp³-hybridized carbons (Fsp3) is 1.00. The van der Waals surface area contributed by atoms with Crippen LogP contribution in [0.25, 0.3) is 0 Å². The van der Waals surface area contributed by atoms with Crippen molar-refractivity contribution in [1.29, 1.82) is 0 Å². The molecule has 0 amide bonds. The van der Waals surface area contributed by atoms with E-state index in [0.717, 1.165) is 13.0 Å². The maximum absolute atomic E-state index is 9.63. The minimum absolute atomic E-state index is 0.165. The van der Waals surface area contributed by atoms with Crippen molar-refractivity contribution in [3.05, 3.63) is 0 Å². The maximum Gasteiger partial charge on any atom is 0.0615 e. The van der Waals surface area contributed by atoms with E-state index >= 15 is 0 Å². The quantitative estimate of drug-likeness (QED) is 0.653. The van der Waals surface area contributed by atoms with Gasteiger partial charge in [0.05, 0.1) is 13.2 Å². The molecule has 1 aliphatic carbocycles. The zero-order chi connectivity index (χ0) is 13.8. The molecule has 108 valence electrons. The zero-order valence-electron chi connectivity index (χ0n) is 12.6. The van der Waals surface area contributed by atoms with Crippen molar-refractivity contribution in [3.63, 3.8) is 0 Å². The maximum atomic E-state index is 9.63. The van der Waals surface area contributed by atoms with Crippen LogP contribution in [-0.2, 0) is 4.74 Å². The number of hydrogen-bond donors (Lipinski definition) is 2. The molecule has 0 aromatic carbocycles. The van der Waals surface area contributed by atoms with Crippen LogP contribution in [0.15, 0.2) is 0 Å². The van der Waals surface area contributed by atoms with E-state index in [1.54, 1.807) is 7.11 Å². The summed E-state index contributed by atoms with van der Waals surface area (Å²) in [7, 11) is 3.87. The lowest BCUT2D eigenvalue weighted by Gasteiger charge is -2.37. The van der Waals surface area contributed by atoms with Crippen molar-refractivity contribution in [1.82, 2.24) is 10.2 Å². The van der Waals surface area contributed by atoms with E-state index < -0.39 is 0 Å². The molecule has 18 heavy (non-hydrogen) atoms. The van der Waals surface area contributed by atoms with E-state index in [0.29, 0.717) is 18.1 Å². The summed E-state index contributed by atoms with van der Waals surface area (Å²) in [6.45, 7) is 7.45. The molecule has 0 saturated heterocycles. The summed E-state index contributed by atoms with van der Waals surface area (Å²) >= 11 is 0. The lowest BCUT2D eigenvalue weighted by molar-refractivity contribution is 0.0693. The minimum atomic E-state index is -0.165. The fourth-order valence-corrected chi connectivity index (χ4v) is 2.48. The van der Waals surface area contributed by atoms with Crippen molar-refractivity contribution in [2.24, 2.45) is 0 Å². The fourth-order valence-electron chi connectivity index (χ4n) is 2.48. The van der Waals surface area contributed by atoms with Crippen LogP contribution in [0, 0.1) is 0 Å². The Morgan fingerprint density at radius 1 is 1.39 bits per heavy atom. The largest absolute Gasteiger partial charge is 0.394 e. The normalized spacial score (nSPS) is 22.8. The molecule has 4 heteroatoms. The Hall–Kier alpha value is -0.160. The summed E-state index contributed by atoms with van der Waals surface area (Å²) in [5, 5.41) is 13.2. The third-order valence-electron chi connectivity index (χ3n) is 4.02. The smallest absolute Gasteiger partial charge is 0.0615 e. The number of hydrogen-bond acceptors (Lipinski definition) is 4. The van der Waals surface area contributed by atoms with E-state index in [1.807, 2.05) is 0 Å². The molecule has 1 saturated carbocycles. The first-order valence-electron chi connectivity index (χ1n) is 7.01. The molecule has 0 aromatic rings. The van der Waals surface area contributed by atoms with Crippen molar-refractivity contribution in [3.8, 4) is 0 Å². The highest BCUT2D eigenvalue weighted by Gasteiger charge is 2.34. The first-order valence-corrected chi connectivity index (χ1v) is 7.01. The van der Waals surface area contributed by atoms with E-state index in [-0.39, 0.29) is 12.1 Å². The van der Waals surface area contributed by atoms with Gasteiger partial charge in [-0.2, -0.15) is 0 Å². The Morgan fingerprint density at radius 3 is 2.44 bits per heavy atom. The van der Waals surface area contributed by atoms with Crippen molar-refractivity contribution >= 4 is 0 Å². The van der Waals surface area contributed by atoms with Gasteiger partial charge in [-0.15, -0.1) is 0 Å². The van der Waals surface area contributed by atoms with Gasteiger partial charge in [-0.25, -0.2) is 0 Å². The molecule has 3 unspecified atom stereocenters. The summed E-state index contributed by atoms with van der Waals surface area (Å²) in [4.78, 5) is 2.33. The number of nitrogens with zero attached hydrogens (tertiary/aromatic N) is 1. The highest BCUT2D eigenvalue weighted by Crippen LogP contribution is 2.25. The average molecular weight is 258 g/mol. The topological polar surface area (TPSA) is 44.7 Å². The average Bonchev–Trinajstić information content (AvgIpc) is 3.11. The Labute approximate surface area is 112 Å². The molecule has 0 spiro atoms. The van der Waals surface area contributed by atoms with Gasteiger partial charge in [-0.3, -0.25) is 4.90 Å². The molecule has 4 nitrogen and oxygen atoms in total. The first-order chi connectivity index (χ1) is 8.41. The lowest BCUT2D eigenvalue weighted by atomic mass is 9.93. The van der Waals surface area contributed by atoms with Crippen LogP contribution in [-0.4, -0.2) is 61.0 Å². The second-order valence-electron chi connectivity index (χ2n) is 6.16. The number of aliphatic hydroxyl groups is 1. The molecule has 0 heterocycles. The van der Waals surface area contributed by atoms with E-state index in [1.165, 1.54) is 12.8 Å². The van der Waals surface area contributed by atoms with Gasteiger partial charge < -0.3 is 15.2 Å². The van der Waals surface area contributed by atoms with Crippen LogP contribution in [0.4, 0.5) is 0 Å². The molecular weight excluding hydrogens is 228 g/mol. The molecule has 1 fully saturated rings. The third-order valence-corrected chi connectivity index (χ3v) is 4.02. The molecular formula is C14H30N2O2. The van der Waals surface area contributed by atoms with Gasteiger partial charge >= 0.3 is 0 Å². The molecule has 3 atom stereocenters. The second kappa shape index (κ2) is 6.85. The van der Waals surface area contributed by atoms with Crippen LogP contribution >= 0.6 is 0 Å². The minimum Gasteiger partial charge on any atom is -0.394 e. The third kappa shape index (κ3) is 4.84. The molecule has 1 rings (SSSR count). The second-order valence-corrected chi connectivity index (χ2v) is 6.16. The molecule has 0 radical (unpaired) electrons. The molecule has 0 bridgehead atoms. The highest BCUT2D eigenvalue weighted by molar-refractivity contribution is 4.94. The summed E-state index contributed by atoms with van der Waals surface area (Å²) in [5.41, 5.74) is -0.165. The van der Waals surface area contributed by atoms with Crippen LogP contribution in [0.2, 0.25) is 0 Å². The Bertz CT molecular complexity index is 246. The number of ether oxygens (including phenoxy) is 1. The van der Waals surface area contributed by atoms with Gasteiger partial charge in [0, 0.05) is 30.8 Å². The lowest BCUT2D eigenvalue weighted by Crippen LogP contribution is -2.52. The van der Waals surface area contributed by atoms with Gasteiger partial charge in [-0.1, -0.05) is 0 Å². The Morgan fingerprint density at radius 2 is 2.00 bits per heavy atom. The van der Waals surface area contributed by atoms with Gasteiger partial charge in [0.2, 0.25) is 0 Å². The van der Waals surface area contributed by atoms with E-state index in [2.05, 4.69) is 38.0 Å². The van der Waals surface area contributed by atoms with E-state index in [9.17, 15) is 5.11 Å². The van der Waals surface area contributed by atoms with Crippen LogP contribution in [0.5, 0.6) is 0 Å².